The third-order valence-electron chi connectivity index (χ3n) is 5.26. The van der Waals surface area contributed by atoms with E-state index in [4.69, 9.17) is 0 Å². The van der Waals surface area contributed by atoms with Crippen LogP contribution in [0.5, 0.6) is 0 Å². The van der Waals surface area contributed by atoms with Crippen molar-refractivity contribution >= 4 is 20.9 Å². The van der Waals surface area contributed by atoms with Gasteiger partial charge in [-0.15, -0.1) is 0 Å². The molecule has 4 rings (SSSR count). The molecule has 2 unspecified atom stereocenters. The van der Waals surface area contributed by atoms with Crippen LogP contribution in [0.2, 0.25) is 0 Å². The summed E-state index contributed by atoms with van der Waals surface area (Å²) in [5, 5.41) is 0.864. The van der Waals surface area contributed by atoms with Gasteiger partial charge >= 0.3 is 0 Å². The minimum atomic E-state index is -3.57. The van der Waals surface area contributed by atoms with E-state index in [0.717, 1.165) is 36.9 Å². The monoisotopic (exact) mass is 345 g/mol. The van der Waals surface area contributed by atoms with Gasteiger partial charge in [-0.25, -0.2) is 13.1 Å². The molecular formula is C18H23N3O2S. The molecule has 3 heterocycles. The highest BCUT2D eigenvalue weighted by Crippen LogP contribution is 2.29. The summed E-state index contributed by atoms with van der Waals surface area (Å²) in [5.74, 6) is 0. The van der Waals surface area contributed by atoms with E-state index in [1.807, 2.05) is 19.1 Å². The number of pyridine rings is 1. The van der Waals surface area contributed by atoms with E-state index in [-0.39, 0.29) is 10.9 Å². The number of fused-ring (bicyclic) bond motifs is 2. The van der Waals surface area contributed by atoms with Crippen molar-refractivity contribution in [3.8, 4) is 0 Å². The number of para-hydroxylation sites is 1. The lowest BCUT2D eigenvalue weighted by molar-refractivity contribution is 0.186. The number of nitrogens with one attached hydrogen (secondary N) is 1. The van der Waals surface area contributed by atoms with Gasteiger partial charge in [0.05, 0.1) is 5.52 Å². The predicted octanol–water partition coefficient (Wildman–Crippen LogP) is 2.45. The molecule has 2 aliphatic rings. The molecule has 128 valence electrons. The predicted molar refractivity (Wildman–Crippen MR) is 94.4 cm³/mol. The van der Waals surface area contributed by atoms with Crippen molar-refractivity contribution < 1.29 is 8.42 Å². The van der Waals surface area contributed by atoms with Crippen LogP contribution in [-0.2, 0) is 10.0 Å². The molecule has 2 aliphatic heterocycles. The number of sulfonamides is 1. The minimum absolute atomic E-state index is 0.0102. The van der Waals surface area contributed by atoms with Crippen LogP contribution in [0, 0.1) is 6.92 Å². The lowest BCUT2D eigenvalue weighted by Crippen LogP contribution is -2.46. The Morgan fingerprint density at radius 3 is 2.96 bits per heavy atom. The van der Waals surface area contributed by atoms with Gasteiger partial charge < -0.3 is 0 Å². The van der Waals surface area contributed by atoms with E-state index >= 15 is 0 Å². The molecule has 6 heteroatoms. The molecule has 0 spiro atoms. The second kappa shape index (κ2) is 6.10. The number of hydrogen-bond donors (Lipinski definition) is 1. The maximum atomic E-state index is 13.0. The number of rotatable bonds is 3. The molecule has 2 saturated heterocycles. The van der Waals surface area contributed by atoms with Crippen LogP contribution in [-0.4, -0.2) is 43.5 Å². The highest BCUT2D eigenvalue weighted by Gasteiger charge is 2.38. The Bertz CT molecular complexity index is 866. The molecule has 5 nitrogen and oxygen atoms in total. The zero-order chi connectivity index (χ0) is 16.7. The molecule has 2 aromatic rings. The number of nitrogens with zero attached hydrogens (tertiary/aromatic N) is 2. The van der Waals surface area contributed by atoms with Crippen LogP contribution in [0.15, 0.2) is 35.4 Å². The van der Waals surface area contributed by atoms with Crippen molar-refractivity contribution in [1.29, 1.82) is 0 Å². The van der Waals surface area contributed by atoms with E-state index in [2.05, 4.69) is 14.6 Å². The summed E-state index contributed by atoms with van der Waals surface area (Å²) in [6.07, 6.45) is 6.11. The highest BCUT2D eigenvalue weighted by molar-refractivity contribution is 7.89. The van der Waals surface area contributed by atoms with Crippen molar-refractivity contribution in [2.24, 2.45) is 0 Å². The molecule has 0 radical (unpaired) electrons. The number of aromatic nitrogens is 1. The molecule has 0 amide bonds. The van der Waals surface area contributed by atoms with Crippen LogP contribution in [0.1, 0.15) is 31.2 Å². The molecule has 0 bridgehead atoms. The third-order valence-corrected chi connectivity index (χ3v) is 6.78. The van der Waals surface area contributed by atoms with Gasteiger partial charge in [0.25, 0.3) is 0 Å². The van der Waals surface area contributed by atoms with E-state index < -0.39 is 10.0 Å². The smallest absolute Gasteiger partial charge is 0.243 e. The first-order chi connectivity index (χ1) is 11.5. The van der Waals surface area contributed by atoms with Gasteiger partial charge in [-0.1, -0.05) is 18.6 Å². The van der Waals surface area contributed by atoms with E-state index in [0.29, 0.717) is 11.6 Å². The van der Waals surface area contributed by atoms with Gasteiger partial charge in [-0.05, 0) is 50.4 Å². The summed E-state index contributed by atoms with van der Waals surface area (Å²) >= 11 is 0. The first-order valence-corrected chi connectivity index (χ1v) is 10.1. The van der Waals surface area contributed by atoms with Crippen molar-refractivity contribution in [2.75, 3.05) is 13.1 Å². The Morgan fingerprint density at radius 2 is 2.08 bits per heavy atom. The molecular weight excluding hydrogens is 322 g/mol. The topological polar surface area (TPSA) is 62.3 Å². The Morgan fingerprint density at radius 1 is 1.21 bits per heavy atom. The van der Waals surface area contributed by atoms with Crippen molar-refractivity contribution in [3.05, 3.63) is 36.0 Å². The maximum Gasteiger partial charge on any atom is 0.243 e. The summed E-state index contributed by atoms with van der Waals surface area (Å²) in [6.45, 7) is 4.05. The first-order valence-electron chi connectivity index (χ1n) is 8.66. The van der Waals surface area contributed by atoms with Crippen LogP contribution >= 0.6 is 0 Å². The normalized spacial score (nSPS) is 25.0. The SMILES string of the molecule is Cc1cnc2c(S(=O)(=O)NC3CCN4CCCCC34)cccc2c1. The molecule has 1 aromatic heterocycles. The van der Waals surface area contributed by atoms with E-state index in [1.54, 1.807) is 18.3 Å². The average molecular weight is 345 g/mol. The van der Waals surface area contributed by atoms with Crippen molar-refractivity contribution in [1.82, 2.24) is 14.6 Å². The van der Waals surface area contributed by atoms with Gasteiger partial charge in [0.1, 0.15) is 4.90 Å². The van der Waals surface area contributed by atoms with E-state index in [9.17, 15) is 8.42 Å². The Labute approximate surface area is 143 Å². The quantitative estimate of drug-likeness (QED) is 0.928. The molecule has 1 aromatic carbocycles. The van der Waals surface area contributed by atoms with Crippen LogP contribution in [0.4, 0.5) is 0 Å². The number of benzene rings is 1. The number of piperidine rings is 1. The van der Waals surface area contributed by atoms with Gasteiger partial charge in [0, 0.05) is 30.2 Å². The standard InChI is InChI=1S/C18H23N3O2S/c1-13-11-14-5-4-7-17(18(14)19-12-13)24(22,23)20-15-8-10-21-9-3-2-6-16(15)21/h4-5,7,11-12,15-16,20H,2-3,6,8-10H2,1H3. The summed E-state index contributed by atoms with van der Waals surface area (Å²) in [6, 6.07) is 7.68. The lowest BCUT2D eigenvalue weighted by atomic mass is 10.00. The van der Waals surface area contributed by atoms with E-state index in [1.165, 1.54) is 12.8 Å². The zero-order valence-electron chi connectivity index (χ0n) is 13.9. The Hall–Kier alpha value is -1.50. The van der Waals surface area contributed by atoms with Gasteiger partial charge in [-0.2, -0.15) is 0 Å². The van der Waals surface area contributed by atoms with Crippen LogP contribution in [0.3, 0.4) is 0 Å². The number of aryl methyl sites for hydroxylation is 1. The van der Waals surface area contributed by atoms with Gasteiger partial charge in [0.2, 0.25) is 10.0 Å². The fourth-order valence-corrected chi connectivity index (χ4v) is 5.59. The largest absolute Gasteiger partial charge is 0.299 e. The first kappa shape index (κ1) is 16.0. The van der Waals surface area contributed by atoms with Gasteiger partial charge in [0.15, 0.2) is 0 Å². The minimum Gasteiger partial charge on any atom is -0.299 e. The maximum absolute atomic E-state index is 13.0. The molecule has 2 atom stereocenters. The molecule has 0 aliphatic carbocycles. The van der Waals surface area contributed by atoms with Crippen molar-refractivity contribution in [2.45, 2.75) is 49.6 Å². The average Bonchev–Trinajstić information content (AvgIpc) is 2.96. The second-order valence-corrected chi connectivity index (χ2v) is 8.64. The summed E-state index contributed by atoms with van der Waals surface area (Å²) in [4.78, 5) is 7.09. The highest BCUT2D eigenvalue weighted by atomic mass is 32.2. The van der Waals surface area contributed by atoms with Crippen molar-refractivity contribution in [3.63, 3.8) is 0 Å². The van der Waals surface area contributed by atoms with Crippen LogP contribution in [0.25, 0.3) is 10.9 Å². The molecule has 24 heavy (non-hydrogen) atoms. The van der Waals surface area contributed by atoms with Gasteiger partial charge in [-0.3, -0.25) is 9.88 Å². The number of hydrogen-bond acceptors (Lipinski definition) is 4. The molecule has 1 N–H and O–H groups in total. The van der Waals surface area contributed by atoms with Crippen LogP contribution < -0.4 is 4.72 Å². The second-order valence-electron chi connectivity index (χ2n) is 6.96. The summed E-state index contributed by atoms with van der Waals surface area (Å²) < 4.78 is 29.0. The summed E-state index contributed by atoms with van der Waals surface area (Å²) in [7, 11) is -3.57. The molecule has 0 saturated carbocycles. The fourth-order valence-electron chi connectivity index (χ4n) is 4.11. The molecule has 2 fully saturated rings. The zero-order valence-corrected chi connectivity index (χ0v) is 14.7. The lowest BCUT2D eigenvalue weighted by Gasteiger charge is -2.32. The Kier molecular flexibility index (Phi) is 4.06. The summed E-state index contributed by atoms with van der Waals surface area (Å²) in [5.41, 5.74) is 1.58. The fraction of sp³-hybridized carbons (Fsp3) is 0.500. The third kappa shape index (κ3) is 2.83. The Balaban J connectivity index is 1.66.